The van der Waals surface area contributed by atoms with E-state index in [0.29, 0.717) is 19.1 Å². The molecule has 0 unspecified atom stereocenters. The van der Waals surface area contributed by atoms with Gasteiger partial charge in [-0.25, -0.2) is 4.99 Å². The van der Waals surface area contributed by atoms with Crippen molar-refractivity contribution in [3.63, 3.8) is 0 Å². The van der Waals surface area contributed by atoms with Gasteiger partial charge < -0.3 is 15.8 Å². The second kappa shape index (κ2) is 9.39. The third-order valence-electron chi connectivity index (χ3n) is 3.14. The SMILES string of the molecule is CCOc1cccc(CN=C(N)Nc2cc(C)cc(C)c2)c1.I. The van der Waals surface area contributed by atoms with Gasteiger partial charge in [-0.2, -0.15) is 0 Å². The van der Waals surface area contributed by atoms with Gasteiger partial charge in [0.15, 0.2) is 5.96 Å². The van der Waals surface area contributed by atoms with Gasteiger partial charge in [0, 0.05) is 5.69 Å². The standard InChI is InChI=1S/C18H23N3O.HI/c1-4-22-17-7-5-6-15(11-17)12-20-18(19)21-16-9-13(2)8-14(3)10-16;/h5-11H,4,12H2,1-3H3,(H3,19,20,21);1H. The van der Waals surface area contributed by atoms with Crippen LogP contribution in [-0.2, 0) is 6.54 Å². The number of halogens is 1. The first-order valence-electron chi connectivity index (χ1n) is 7.44. The van der Waals surface area contributed by atoms with Crippen LogP contribution in [0.25, 0.3) is 0 Å². The van der Waals surface area contributed by atoms with E-state index >= 15 is 0 Å². The number of hydrogen-bond acceptors (Lipinski definition) is 2. The number of rotatable bonds is 5. The molecule has 0 radical (unpaired) electrons. The molecule has 0 aliphatic rings. The van der Waals surface area contributed by atoms with Crippen molar-refractivity contribution >= 4 is 35.6 Å². The van der Waals surface area contributed by atoms with Crippen LogP contribution in [-0.4, -0.2) is 12.6 Å². The number of anilines is 1. The number of aliphatic imine (C=N–C) groups is 1. The lowest BCUT2D eigenvalue weighted by atomic mass is 10.1. The quantitative estimate of drug-likeness (QED) is 0.428. The van der Waals surface area contributed by atoms with Crippen molar-refractivity contribution in [3.05, 3.63) is 59.2 Å². The van der Waals surface area contributed by atoms with Crippen molar-refractivity contribution in [1.82, 2.24) is 0 Å². The summed E-state index contributed by atoms with van der Waals surface area (Å²) in [7, 11) is 0. The molecule has 124 valence electrons. The molecular formula is C18H24IN3O. The molecule has 0 amide bonds. The van der Waals surface area contributed by atoms with Crippen LogP contribution < -0.4 is 15.8 Å². The van der Waals surface area contributed by atoms with E-state index in [1.54, 1.807) is 0 Å². The number of nitrogens with one attached hydrogen (secondary N) is 1. The lowest BCUT2D eigenvalue weighted by molar-refractivity contribution is 0.340. The Hall–Kier alpha value is -1.76. The summed E-state index contributed by atoms with van der Waals surface area (Å²) >= 11 is 0. The Labute approximate surface area is 155 Å². The third-order valence-corrected chi connectivity index (χ3v) is 3.14. The number of aryl methyl sites for hydroxylation is 2. The van der Waals surface area contributed by atoms with Gasteiger partial charge in [-0.3, -0.25) is 0 Å². The number of hydrogen-bond donors (Lipinski definition) is 2. The molecule has 0 heterocycles. The molecule has 0 atom stereocenters. The lowest BCUT2D eigenvalue weighted by Crippen LogP contribution is -2.22. The molecule has 4 nitrogen and oxygen atoms in total. The zero-order valence-electron chi connectivity index (χ0n) is 13.8. The average Bonchev–Trinajstić information content (AvgIpc) is 2.45. The largest absolute Gasteiger partial charge is 0.494 e. The summed E-state index contributed by atoms with van der Waals surface area (Å²) in [6.07, 6.45) is 0. The second-order valence-electron chi connectivity index (χ2n) is 5.28. The van der Waals surface area contributed by atoms with Crippen molar-refractivity contribution < 1.29 is 4.74 Å². The molecule has 0 aliphatic heterocycles. The van der Waals surface area contributed by atoms with Crippen LogP contribution in [0.2, 0.25) is 0 Å². The highest BCUT2D eigenvalue weighted by molar-refractivity contribution is 14.0. The number of nitrogens with two attached hydrogens (primary N) is 1. The molecule has 0 fully saturated rings. The van der Waals surface area contributed by atoms with Gasteiger partial charge in [0.2, 0.25) is 0 Å². The number of guanidine groups is 1. The van der Waals surface area contributed by atoms with Crippen LogP contribution in [0.3, 0.4) is 0 Å². The molecule has 0 aromatic heterocycles. The monoisotopic (exact) mass is 425 g/mol. The van der Waals surface area contributed by atoms with E-state index in [1.165, 1.54) is 11.1 Å². The highest BCUT2D eigenvalue weighted by Gasteiger charge is 1.99. The molecule has 3 N–H and O–H groups in total. The third kappa shape index (κ3) is 6.48. The van der Waals surface area contributed by atoms with Crippen LogP contribution >= 0.6 is 24.0 Å². The first kappa shape index (κ1) is 19.3. The Bertz CT molecular complexity index is 651. The van der Waals surface area contributed by atoms with Crippen LogP contribution in [0.4, 0.5) is 5.69 Å². The molecule has 2 rings (SSSR count). The summed E-state index contributed by atoms with van der Waals surface area (Å²) < 4.78 is 5.48. The molecule has 23 heavy (non-hydrogen) atoms. The highest BCUT2D eigenvalue weighted by Crippen LogP contribution is 2.15. The van der Waals surface area contributed by atoms with Crippen molar-refractivity contribution in [2.75, 3.05) is 11.9 Å². The first-order chi connectivity index (χ1) is 10.6. The molecule has 0 spiro atoms. The minimum absolute atomic E-state index is 0. The zero-order chi connectivity index (χ0) is 15.9. The van der Waals surface area contributed by atoms with E-state index in [4.69, 9.17) is 10.5 Å². The number of ether oxygens (including phenoxy) is 1. The molecule has 0 saturated heterocycles. The predicted octanol–water partition coefficient (Wildman–Crippen LogP) is 4.25. The Morgan fingerprint density at radius 1 is 1.13 bits per heavy atom. The molecule has 0 aliphatic carbocycles. The maximum atomic E-state index is 5.96. The van der Waals surface area contributed by atoms with Crippen molar-refractivity contribution in [3.8, 4) is 5.75 Å². The predicted molar refractivity (Wildman–Crippen MR) is 108 cm³/mol. The summed E-state index contributed by atoms with van der Waals surface area (Å²) in [5.74, 6) is 1.27. The van der Waals surface area contributed by atoms with Crippen molar-refractivity contribution in [1.29, 1.82) is 0 Å². The number of benzene rings is 2. The van der Waals surface area contributed by atoms with Crippen LogP contribution in [0.1, 0.15) is 23.6 Å². The van der Waals surface area contributed by atoms with E-state index in [0.717, 1.165) is 17.0 Å². The van der Waals surface area contributed by atoms with Crippen LogP contribution in [0, 0.1) is 13.8 Å². The number of nitrogens with zero attached hydrogens (tertiary/aromatic N) is 1. The summed E-state index contributed by atoms with van der Waals surface area (Å²) in [5.41, 5.74) is 10.4. The van der Waals surface area contributed by atoms with Gasteiger partial charge in [0.25, 0.3) is 0 Å². The van der Waals surface area contributed by atoms with Gasteiger partial charge in [-0.1, -0.05) is 18.2 Å². The minimum atomic E-state index is 0. The van der Waals surface area contributed by atoms with Gasteiger partial charge in [0.1, 0.15) is 5.75 Å². The fraction of sp³-hybridized carbons (Fsp3) is 0.278. The summed E-state index contributed by atoms with van der Waals surface area (Å²) in [5, 5.41) is 3.13. The van der Waals surface area contributed by atoms with Gasteiger partial charge >= 0.3 is 0 Å². The highest BCUT2D eigenvalue weighted by atomic mass is 127. The van der Waals surface area contributed by atoms with Gasteiger partial charge in [-0.15, -0.1) is 24.0 Å². The Kier molecular flexibility index (Phi) is 7.88. The van der Waals surface area contributed by atoms with Gasteiger partial charge in [-0.05, 0) is 61.7 Å². The van der Waals surface area contributed by atoms with E-state index in [1.807, 2.05) is 43.3 Å². The minimum Gasteiger partial charge on any atom is -0.494 e. The Morgan fingerprint density at radius 2 is 1.83 bits per heavy atom. The van der Waals surface area contributed by atoms with E-state index < -0.39 is 0 Å². The zero-order valence-corrected chi connectivity index (χ0v) is 16.1. The van der Waals surface area contributed by atoms with Gasteiger partial charge in [0.05, 0.1) is 13.2 Å². The molecule has 5 heteroatoms. The first-order valence-corrected chi connectivity index (χ1v) is 7.44. The fourth-order valence-corrected chi connectivity index (χ4v) is 2.31. The second-order valence-corrected chi connectivity index (χ2v) is 5.28. The fourth-order valence-electron chi connectivity index (χ4n) is 2.31. The van der Waals surface area contributed by atoms with Crippen LogP contribution in [0.5, 0.6) is 5.75 Å². The Balaban J connectivity index is 0.00000264. The molecule has 0 saturated carbocycles. The smallest absolute Gasteiger partial charge is 0.193 e. The lowest BCUT2D eigenvalue weighted by Gasteiger charge is -2.08. The normalized spacial score (nSPS) is 10.8. The maximum absolute atomic E-state index is 5.96. The maximum Gasteiger partial charge on any atom is 0.193 e. The van der Waals surface area contributed by atoms with Crippen molar-refractivity contribution in [2.45, 2.75) is 27.3 Å². The summed E-state index contributed by atoms with van der Waals surface area (Å²) in [6.45, 7) is 7.26. The van der Waals surface area contributed by atoms with E-state index in [-0.39, 0.29) is 24.0 Å². The average molecular weight is 425 g/mol. The molecule has 2 aromatic rings. The van der Waals surface area contributed by atoms with Crippen molar-refractivity contribution in [2.24, 2.45) is 10.7 Å². The van der Waals surface area contributed by atoms with Crippen LogP contribution in [0.15, 0.2) is 47.5 Å². The summed E-state index contributed by atoms with van der Waals surface area (Å²) in [6, 6.07) is 14.1. The molecule has 2 aromatic carbocycles. The van der Waals surface area contributed by atoms with E-state index in [9.17, 15) is 0 Å². The molecule has 0 bridgehead atoms. The Morgan fingerprint density at radius 3 is 2.48 bits per heavy atom. The summed E-state index contributed by atoms with van der Waals surface area (Å²) in [4.78, 5) is 4.38. The van der Waals surface area contributed by atoms with E-state index in [2.05, 4.69) is 30.2 Å². The topological polar surface area (TPSA) is 59.6 Å². The molecular weight excluding hydrogens is 401 g/mol.